The summed E-state index contributed by atoms with van der Waals surface area (Å²) in [5, 5.41) is 16.8. The van der Waals surface area contributed by atoms with E-state index in [4.69, 9.17) is 9.94 Å². The standard InChI is InChI=1S/C7H13N3O2/c1-5-6(4-10(2)11)7(12-3)9-8-5/h11H,4H2,1-3H3,(H,8,9). The molecule has 1 aromatic rings. The molecule has 12 heavy (non-hydrogen) atoms. The summed E-state index contributed by atoms with van der Waals surface area (Å²) in [6, 6.07) is 0. The summed E-state index contributed by atoms with van der Waals surface area (Å²) in [5.41, 5.74) is 1.79. The molecule has 0 aliphatic rings. The zero-order valence-electron chi connectivity index (χ0n) is 7.46. The monoisotopic (exact) mass is 171 g/mol. The predicted molar refractivity (Wildman–Crippen MR) is 43.1 cm³/mol. The van der Waals surface area contributed by atoms with Gasteiger partial charge in [-0.25, -0.2) is 0 Å². The molecule has 0 aliphatic carbocycles. The van der Waals surface area contributed by atoms with Gasteiger partial charge in [-0.05, 0) is 6.92 Å². The lowest BCUT2D eigenvalue weighted by atomic mass is 10.2. The SMILES string of the molecule is COc1n[nH]c(C)c1CN(C)O. The van der Waals surface area contributed by atoms with E-state index >= 15 is 0 Å². The van der Waals surface area contributed by atoms with Crippen LogP contribution in [0.1, 0.15) is 11.3 Å². The first kappa shape index (κ1) is 9.02. The Morgan fingerprint density at radius 2 is 2.33 bits per heavy atom. The Morgan fingerprint density at radius 3 is 2.83 bits per heavy atom. The third-order valence-electron chi connectivity index (χ3n) is 1.62. The number of H-pyrrole nitrogens is 1. The van der Waals surface area contributed by atoms with Crippen molar-refractivity contribution in [2.75, 3.05) is 14.2 Å². The van der Waals surface area contributed by atoms with Crippen molar-refractivity contribution in [1.82, 2.24) is 15.3 Å². The number of hydroxylamine groups is 2. The van der Waals surface area contributed by atoms with E-state index < -0.39 is 0 Å². The summed E-state index contributed by atoms with van der Waals surface area (Å²) in [5.74, 6) is 0.536. The highest BCUT2D eigenvalue weighted by Gasteiger charge is 2.11. The first-order valence-electron chi connectivity index (χ1n) is 3.63. The third kappa shape index (κ3) is 1.75. The van der Waals surface area contributed by atoms with E-state index in [0.717, 1.165) is 16.3 Å². The second kappa shape index (κ2) is 3.55. The van der Waals surface area contributed by atoms with E-state index in [2.05, 4.69) is 10.2 Å². The van der Waals surface area contributed by atoms with E-state index in [1.165, 1.54) is 0 Å². The quantitative estimate of drug-likeness (QED) is 0.652. The van der Waals surface area contributed by atoms with Crippen LogP contribution in [0.25, 0.3) is 0 Å². The molecule has 0 unspecified atom stereocenters. The molecule has 5 heteroatoms. The maximum atomic E-state index is 9.00. The molecule has 0 aromatic carbocycles. The normalized spacial score (nSPS) is 10.8. The van der Waals surface area contributed by atoms with Crippen LogP contribution in [-0.2, 0) is 6.54 Å². The van der Waals surface area contributed by atoms with Crippen LogP contribution < -0.4 is 4.74 Å². The van der Waals surface area contributed by atoms with Crippen LogP contribution in [0.3, 0.4) is 0 Å². The minimum atomic E-state index is 0.408. The second-order valence-corrected chi connectivity index (χ2v) is 2.65. The molecule has 0 bridgehead atoms. The largest absolute Gasteiger partial charge is 0.480 e. The van der Waals surface area contributed by atoms with E-state index in [0.29, 0.717) is 12.4 Å². The first-order chi connectivity index (χ1) is 5.65. The number of hydrogen-bond acceptors (Lipinski definition) is 4. The Labute approximate surface area is 70.9 Å². The first-order valence-corrected chi connectivity index (χ1v) is 3.63. The van der Waals surface area contributed by atoms with Crippen molar-refractivity contribution in [2.45, 2.75) is 13.5 Å². The zero-order chi connectivity index (χ0) is 9.14. The molecule has 0 fully saturated rings. The second-order valence-electron chi connectivity index (χ2n) is 2.65. The van der Waals surface area contributed by atoms with E-state index in [-0.39, 0.29) is 0 Å². The number of aromatic nitrogens is 2. The van der Waals surface area contributed by atoms with Gasteiger partial charge in [0.1, 0.15) is 0 Å². The molecule has 1 heterocycles. The maximum Gasteiger partial charge on any atom is 0.237 e. The van der Waals surface area contributed by atoms with Gasteiger partial charge in [0, 0.05) is 12.7 Å². The van der Waals surface area contributed by atoms with Gasteiger partial charge in [-0.15, -0.1) is 5.10 Å². The van der Waals surface area contributed by atoms with Crippen LogP contribution in [-0.4, -0.2) is 34.6 Å². The highest BCUT2D eigenvalue weighted by atomic mass is 16.5. The van der Waals surface area contributed by atoms with Gasteiger partial charge in [0.05, 0.1) is 19.2 Å². The fourth-order valence-electron chi connectivity index (χ4n) is 1.01. The minimum Gasteiger partial charge on any atom is -0.480 e. The van der Waals surface area contributed by atoms with Crippen LogP contribution in [0.15, 0.2) is 0 Å². The molecule has 0 radical (unpaired) electrons. The number of hydrogen-bond donors (Lipinski definition) is 2. The molecule has 5 nitrogen and oxygen atoms in total. The van der Waals surface area contributed by atoms with Crippen molar-refractivity contribution >= 4 is 0 Å². The fraction of sp³-hybridized carbons (Fsp3) is 0.571. The van der Waals surface area contributed by atoms with Gasteiger partial charge in [0.25, 0.3) is 0 Å². The van der Waals surface area contributed by atoms with Crippen molar-refractivity contribution in [1.29, 1.82) is 0 Å². The number of aromatic amines is 1. The van der Waals surface area contributed by atoms with Crippen molar-refractivity contribution in [2.24, 2.45) is 0 Å². The van der Waals surface area contributed by atoms with Crippen LogP contribution >= 0.6 is 0 Å². The van der Waals surface area contributed by atoms with Crippen molar-refractivity contribution in [3.8, 4) is 5.88 Å². The minimum absolute atomic E-state index is 0.408. The van der Waals surface area contributed by atoms with E-state index in [1.54, 1.807) is 14.2 Å². The number of aryl methyl sites for hydroxylation is 1. The Kier molecular flexibility index (Phi) is 2.67. The van der Waals surface area contributed by atoms with Crippen LogP contribution in [0, 0.1) is 6.92 Å². The Bertz CT molecular complexity index is 257. The molecular formula is C7H13N3O2. The molecule has 1 rings (SSSR count). The van der Waals surface area contributed by atoms with Gasteiger partial charge < -0.3 is 9.94 Å². The molecule has 0 saturated heterocycles. The summed E-state index contributed by atoms with van der Waals surface area (Å²) in [6.45, 7) is 2.29. The molecule has 0 aliphatic heterocycles. The summed E-state index contributed by atoms with van der Waals surface area (Å²) < 4.78 is 4.99. The molecule has 0 saturated carbocycles. The lowest BCUT2D eigenvalue weighted by molar-refractivity contribution is -0.0736. The molecule has 2 N–H and O–H groups in total. The highest BCUT2D eigenvalue weighted by Crippen LogP contribution is 2.18. The summed E-state index contributed by atoms with van der Waals surface area (Å²) in [7, 11) is 3.13. The van der Waals surface area contributed by atoms with E-state index in [9.17, 15) is 0 Å². The molecule has 0 spiro atoms. The highest BCUT2D eigenvalue weighted by molar-refractivity contribution is 5.29. The number of rotatable bonds is 3. The average Bonchev–Trinajstić information content (AvgIpc) is 2.32. The predicted octanol–water partition coefficient (Wildman–Crippen LogP) is 0.548. The van der Waals surface area contributed by atoms with Gasteiger partial charge in [-0.2, -0.15) is 5.06 Å². The fourth-order valence-corrected chi connectivity index (χ4v) is 1.01. The van der Waals surface area contributed by atoms with Crippen LogP contribution in [0.5, 0.6) is 5.88 Å². The Hall–Kier alpha value is -1.07. The number of methoxy groups -OCH3 is 1. The lowest BCUT2D eigenvalue weighted by Gasteiger charge is -2.07. The van der Waals surface area contributed by atoms with Crippen molar-refractivity contribution in [3.05, 3.63) is 11.3 Å². The smallest absolute Gasteiger partial charge is 0.237 e. The van der Waals surface area contributed by atoms with E-state index in [1.807, 2.05) is 6.92 Å². The van der Waals surface area contributed by atoms with Gasteiger partial charge in [-0.3, -0.25) is 5.10 Å². The summed E-state index contributed by atoms with van der Waals surface area (Å²) >= 11 is 0. The number of nitrogens with one attached hydrogen (secondary N) is 1. The van der Waals surface area contributed by atoms with Crippen molar-refractivity contribution in [3.63, 3.8) is 0 Å². The summed E-state index contributed by atoms with van der Waals surface area (Å²) in [6.07, 6.45) is 0. The maximum absolute atomic E-state index is 9.00. The average molecular weight is 171 g/mol. The topological polar surface area (TPSA) is 61.4 Å². The molecule has 68 valence electrons. The van der Waals surface area contributed by atoms with Gasteiger partial charge >= 0.3 is 0 Å². The Morgan fingerprint density at radius 1 is 1.67 bits per heavy atom. The molecule has 0 atom stereocenters. The molecule has 1 aromatic heterocycles. The van der Waals surface area contributed by atoms with Gasteiger partial charge in [-0.1, -0.05) is 0 Å². The van der Waals surface area contributed by atoms with Crippen LogP contribution in [0.4, 0.5) is 0 Å². The van der Waals surface area contributed by atoms with Gasteiger partial charge in [0.2, 0.25) is 5.88 Å². The summed E-state index contributed by atoms with van der Waals surface area (Å²) in [4.78, 5) is 0. The number of nitrogens with zero attached hydrogens (tertiary/aromatic N) is 2. The zero-order valence-corrected chi connectivity index (χ0v) is 7.46. The van der Waals surface area contributed by atoms with Gasteiger partial charge in [0.15, 0.2) is 0 Å². The van der Waals surface area contributed by atoms with Crippen LogP contribution in [0.2, 0.25) is 0 Å². The molecular weight excluding hydrogens is 158 g/mol. The molecule has 0 amide bonds. The van der Waals surface area contributed by atoms with Crippen molar-refractivity contribution < 1.29 is 9.94 Å². The lowest BCUT2D eigenvalue weighted by Crippen LogP contribution is -2.12. The third-order valence-corrected chi connectivity index (χ3v) is 1.62. The Balaban J connectivity index is 2.86. The number of ether oxygens (including phenoxy) is 1.